The van der Waals surface area contributed by atoms with E-state index in [1.54, 1.807) is 0 Å². The molecule has 1 fully saturated rings. The maximum Gasteiger partial charge on any atom is 0.490 e. The Morgan fingerprint density at radius 2 is 1.94 bits per heavy atom. The third kappa shape index (κ3) is 9.39. The Labute approximate surface area is 200 Å². The predicted molar refractivity (Wildman–Crippen MR) is 121 cm³/mol. The summed E-state index contributed by atoms with van der Waals surface area (Å²) in [6.45, 7) is 1.63. The number of amides is 1. The van der Waals surface area contributed by atoms with Gasteiger partial charge in [0.05, 0.1) is 13.2 Å². The molecule has 0 aliphatic carbocycles. The summed E-state index contributed by atoms with van der Waals surface area (Å²) in [5.74, 6) is -2.82. The minimum atomic E-state index is -5.08. The number of hydrogen-bond donors (Lipinski definition) is 4. The van der Waals surface area contributed by atoms with E-state index in [-0.39, 0.29) is 24.3 Å². The molecule has 1 amide bonds. The van der Waals surface area contributed by atoms with Gasteiger partial charge >= 0.3 is 12.1 Å². The Kier molecular flexibility index (Phi) is 10.7. The molecule has 1 aliphatic rings. The number of carboxylic acids is 1. The highest BCUT2D eigenvalue weighted by molar-refractivity contribution is 5.82. The van der Waals surface area contributed by atoms with E-state index in [0.717, 1.165) is 32.2 Å². The molecule has 8 nitrogen and oxygen atoms in total. The van der Waals surface area contributed by atoms with Gasteiger partial charge in [0, 0.05) is 18.7 Å². The van der Waals surface area contributed by atoms with Crippen LogP contribution in [0.3, 0.4) is 0 Å². The molecule has 1 aromatic carbocycles. The Balaban J connectivity index is 0.000000540. The third-order valence-electron chi connectivity index (χ3n) is 5.06. The van der Waals surface area contributed by atoms with Crippen LogP contribution in [0.15, 0.2) is 36.4 Å². The fourth-order valence-electron chi connectivity index (χ4n) is 3.30. The van der Waals surface area contributed by atoms with Crippen LogP contribution in [0.4, 0.5) is 23.4 Å². The number of ether oxygens (including phenoxy) is 1. The van der Waals surface area contributed by atoms with Gasteiger partial charge < -0.3 is 25.8 Å². The lowest BCUT2D eigenvalue weighted by atomic mass is 10.1. The smallest absolute Gasteiger partial charge is 0.481 e. The van der Waals surface area contributed by atoms with E-state index >= 15 is 0 Å². The molecule has 0 radical (unpaired) electrons. The monoisotopic (exact) mass is 500 g/mol. The van der Waals surface area contributed by atoms with E-state index < -0.39 is 18.0 Å². The minimum absolute atomic E-state index is 0.0805. The molecule has 4 N–H and O–H groups in total. The fourth-order valence-corrected chi connectivity index (χ4v) is 3.30. The topological polar surface area (TPSA) is 113 Å². The maximum absolute atomic E-state index is 14.4. The number of carbonyl (C=O) groups excluding carboxylic acids is 1. The Hall–Kier alpha value is -3.41. The largest absolute Gasteiger partial charge is 0.490 e. The lowest BCUT2D eigenvalue weighted by Crippen LogP contribution is -2.40. The van der Waals surface area contributed by atoms with Crippen LogP contribution in [0.5, 0.6) is 5.88 Å². The van der Waals surface area contributed by atoms with Crippen LogP contribution in [-0.2, 0) is 22.6 Å². The zero-order chi connectivity index (χ0) is 25.8. The summed E-state index contributed by atoms with van der Waals surface area (Å²) in [6.07, 6.45) is -1.50. The number of aliphatic carboxylic acids is 1. The Bertz CT molecular complexity index is 968. The average Bonchev–Trinajstić information content (AvgIpc) is 3.37. The number of carboxylic acid groups (broad SMARTS) is 1. The van der Waals surface area contributed by atoms with Crippen molar-refractivity contribution < 1.29 is 37.0 Å². The summed E-state index contributed by atoms with van der Waals surface area (Å²) in [7, 11) is 1.49. The number of pyridine rings is 1. The molecule has 1 atom stereocenters. The van der Waals surface area contributed by atoms with Gasteiger partial charge in [-0.3, -0.25) is 4.79 Å². The SMILES string of the molecule is COc1nc(NCCCc2ccccc2)c(F)cc1CNC(=O)C1CCCN1.O=C(O)C(F)(F)F. The van der Waals surface area contributed by atoms with Crippen molar-refractivity contribution in [3.8, 4) is 5.88 Å². The van der Waals surface area contributed by atoms with E-state index in [1.165, 1.54) is 18.7 Å². The van der Waals surface area contributed by atoms with Gasteiger partial charge in [-0.1, -0.05) is 30.3 Å². The molecule has 35 heavy (non-hydrogen) atoms. The van der Waals surface area contributed by atoms with Crippen LogP contribution in [-0.4, -0.2) is 54.4 Å². The number of anilines is 1. The molecular formula is C23H28F4N4O4. The van der Waals surface area contributed by atoms with Gasteiger partial charge in [-0.2, -0.15) is 18.2 Å². The second-order valence-corrected chi connectivity index (χ2v) is 7.67. The zero-order valence-electron chi connectivity index (χ0n) is 19.1. The van der Waals surface area contributed by atoms with Crippen LogP contribution in [0, 0.1) is 5.82 Å². The van der Waals surface area contributed by atoms with E-state index in [2.05, 4.69) is 33.1 Å². The quantitative estimate of drug-likeness (QED) is 0.309. The minimum Gasteiger partial charge on any atom is -0.481 e. The van der Waals surface area contributed by atoms with Gasteiger partial charge in [0.15, 0.2) is 11.6 Å². The third-order valence-corrected chi connectivity index (χ3v) is 5.06. The number of aromatic nitrogens is 1. The van der Waals surface area contributed by atoms with E-state index in [4.69, 9.17) is 14.6 Å². The van der Waals surface area contributed by atoms with Gasteiger partial charge in [-0.25, -0.2) is 9.18 Å². The molecule has 3 rings (SSSR count). The summed E-state index contributed by atoms with van der Waals surface area (Å²) in [5, 5.41) is 16.1. The number of nitrogens with one attached hydrogen (secondary N) is 3. The first kappa shape index (κ1) is 27.8. The molecular weight excluding hydrogens is 472 g/mol. The Morgan fingerprint density at radius 3 is 2.51 bits per heavy atom. The molecule has 1 unspecified atom stereocenters. The number of nitrogens with zero attached hydrogens (tertiary/aromatic N) is 1. The lowest BCUT2D eigenvalue weighted by Gasteiger charge is -2.14. The van der Waals surface area contributed by atoms with E-state index in [1.807, 2.05) is 18.2 Å². The first-order chi connectivity index (χ1) is 16.6. The molecule has 2 heterocycles. The lowest BCUT2D eigenvalue weighted by molar-refractivity contribution is -0.192. The van der Waals surface area contributed by atoms with Crippen LogP contribution in [0.25, 0.3) is 0 Å². The van der Waals surface area contributed by atoms with Crippen molar-refractivity contribution in [3.63, 3.8) is 0 Å². The molecule has 0 spiro atoms. The number of methoxy groups -OCH3 is 1. The summed E-state index contributed by atoms with van der Waals surface area (Å²) < 4.78 is 51.5. The molecule has 192 valence electrons. The molecule has 1 saturated heterocycles. The van der Waals surface area contributed by atoms with Crippen LogP contribution in [0.1, 0.15) is 30.4 Å². The summed E-state index contributed by atoms with van der Waals surface area (Å²) >= 11 is 0. The van der Waals surface area contributed by atoms with Crippen molar-refractivity contribution >= 4 is 17.7 Å². The second-order valence-electron chi connectivity index (χ2n) is 7.67. The van der Waals surface area contributed by atoms with Crippen LogP contribution in [0.2, 0.25) is 0 Å². The molecule has 0 saturated carbocycles. The zero-order valence-corrected chi connectivity index (χ0v) is 19.1. The number of rotatable bonds is 9. The molecule has 0 bridgehead atoms. The van der Waals surface area contributed by atoms with Crippen molar-refractivity contribution in [2.75, 3.05) is 25.5 Å². The number of hydrogen-bond acceptors (Lipinski definition) is 6. The van der Waals surface area contributed by atoms with Gasteiger partial charge in [0.2, 0.25) is 11.8 Å². The van der Waals surface area contributed by atoms with Crippen molar-refractivity contribution in [1.82, 2.24) is 15.6 Å². The van der Waals surface area contributed by atoms with E-state index in [9.17, 15) is 22.4 Å². The highest BCUT2D eigenvalue weighted by Gasteiger charge is 2.38. The summed E-state index contributed by atoms with van der Waals surface area (Å²) in [6, 6.07) is 11.4. The first-order valence-corrected chi connectivity index (χ1v) is 10.9. The van der Waals surface area contributed by atoms with Crippen LogP contribution >= 0.6 is 0 Å². The Morgan fingerprint density at radius 1 is 1.26 bits per heavy atom. The molecule has 12 heteroatoms. The van der Waals surface area contributed by atoms with Crippen molar-refractivity contribution in [1.29, 1.82) is 0 Å². The van der Waals surface area contributed by atoms with Gasteiger partial charge in [0.1, 0.15) is 0 Å². The van der Waals surface area contributed by atoms with Crippen molar-refractivity contribution in [2.24, 2.45) is 0 Å². The normalized spacial score (nSPS) is 15.1. The number of benzene rings is 1. The molecule has 1 aliphatic heterocycles. The van der Waals surface area contributed by atoms with Crippen LogP contribution < -0.4 is 20.7 Å². The fraction of sp³-hybridized carbons (Fsp3) is 0.435. The maximum atomic E-state index is 14.4. The summed E-state index contributed by atoms with van der Waals surface area (Å²) in [5.41, 5.74) is 1.76. The highest BCUT2D eigenvalue weighted by atomic mass is 19.4. The van der Waals surface area contributed by atoms with Crippen molar-refractivity contribution in [3.05, 3.63) is 53.3 Å². The van der Waals surface area contributed by atoms with Crippen molar-refractivity contribution in [2.45, 2.75) is 44.4 Å². The highest BCUT2D eigenvalue weighted by Crippen LogP contribution is 2.22. The molecule has 1 aromatic heterocycles. The summed E-state index contributed by atoms with van der Waals surface area (Å²) in [4.78, 5) is 25.3. The number of alkyl halides is 3. The molecule has 2 aromatic rings. The van der Waals surface area contributed by atoms with Gasteiger partial charge in [-0.15, -0.1) is 0 Å². The number of aryl methyl sites for hydroxylation is 1. The van der Waals surface area contributed by atoms with Gasteiger partial charge in [0.25, 0.3) is 0 Å². The average molecular weight is 500 g/mol. The standard InChI is InChI=1S/C21H27FN4O2.C2HF3O2/c1-28-21-16(14-25-20(27)18-10-6-11-23-18)13-17(22)19(26-21)24-12-5-9-15-7-3-2-4-8-15;3-2(4,5)1(6)7/h2-4,7-8,13,18,23H,5-6,9-12,14H2,1H3,(H,24,26)(H,25,27);(H,6,7). The van der Waals surface area contributed by atoms with E-state index in [0.29, 0.717) is 18.0 Å². The number of carbonyl (C=O) groups is 2. The number of halogens is 4. The van der Waals surface area contributed by atoms with Gasteiger partial charge in [-0.05, 0) is 43.9 Å². The second kappa shape index (κ2) is 13.5. The first-order valence-electron chi connectivity index (χ1n) is 10.9. The predicted octanol–water partition coefficient (Wildman–Crippen LogP) is 3.28.